The van der Waals surface area contributed by atoms with Crippen LogP contribution in [0.1, 0.15) is 45.2 Å². The Morgan fingerprint density at radius 2 is 1.89 bits per heavy atom. The molecule has 2 rings (SSSR count). The number of hydrogen-bond donors (Lipinski definition) is 1. The Hall–Kier alpha value is -1.09. The standard InChI is InChI=1S/C15H23FN2/c1-11(17)14-12(16)5-4-6-13(14)18-9-7-15(2,3)8-10-18/h4-6,11H,7-10,17H2,1-3H3. The minimum atomic E-state index is -0.267. The van der Waals surface area contributed by atoms with Crippen LogP contribution in [0.4, 0.5) is 10.1 Å². The van der Waals surface area contributed by atoms with Crippen LogP contribution in [0.2, 0.25) is 0 Å². The van der Waals surface area contributed by atoms with E-state index in [9.17, 15) is 4.39 Å². The summed E-state index contributed by atoms with van der Waals surface area (Å²) in [5.74, 6) is -0.188. The molecule has 0 spiro atoms. The number of halogens is 1. The van der Waals surface area contributed by atoms with Crippen LogP contribution in [-0.2, 0) is 0 Å². The number of nitrogens with zero attached hydrogens (tertiary/aromatic N) is 1. The minimum absolute atomic E-state index is 0.188. The van der Waals surface area contributed by atoms with E-state index < -0.39 is 0 Å². The van der Waals surface area contributed by atoms with E-state index in [1.54, 1.807) is 6.07 Å². The van der Waals surface area contributed by atoms with Crippen LogP contribution in [0, 0.1) is 11.2 Å². The summed E-state index contributed by atoms with van der Waals surface area (Å²) in [5.41, 5.74) is 7.93. The summed E-state index contributed by atoms with van der Waals surface area (Å²) in [6, 6.07) is 4.99. The van der Waals surface area contributed by atoms with Gasteiger partial charge in [0.15, 0.2) is 0 Å². The largest absolute Gasteiger partial charge is 0.371 e. The quantitative estimate of drug-likeness (QED) is 0.870. The van der Waals surface area contributed by atoms with E-state index in [4.69, 9.17) is 5.73 Å². The van der Waals surface area contributed by atoms with Crippen LogP contribution in [0.15, 0.2) is 18.2 Å². The van der Waals surface area contributed by atoms with E-state index in [1.165, 1.54) is 6.07 Å². The third-order valence-corrected chi connectivity index (χ3v) is 3.94. The van der Waals surface area contributed by atoms with Crippen molar-refractivity contribution >= 4 is 5.69 Å². The van der Waals surface area contributed by atoms with Gasteiger partial charge in [0.05, 0.1) is 0 Å². The van der Waals surface area contributed by atoms with Gasteiger partial charge in [-0.1, -0.05) is 19.9 Å². The zero-order chi connectivity index (χ0) is 13.3. The predicted molar refractivity (Wildman–Crippen MR) is 74.2 cm³/mol. The average molecular weight is 250 g/mol. The fourth-order valence-electron chi connectivity index (χ4n) is 2.61. The number of anilines is 1. The molecule has 1 unspecified atom stereocenters. The van der Waals surface area contributed by atoms with Gasteiger partial charge >= 0.3 is 0 Å². The molecule has 0 aliphatic carbocycles. The topological polar surface area (TPSA) is 29.3 Å². The molecule has 1 aromatic rings. The first-order chi connectivity index (χ1) is 8.41. The lowest BCUT2D eigenvalue weighted by Crippen LogP contribution is -2.38. The fraction of sp³-hybridized carbons (Fsp3) is 0.600. The SMILES string of the molecule is CC(N)c1c(F)cccc1N1CCC(C)(C)CC1. The first-order valence-corrected chi connectivity index (χ1v) is 6.70. The highest BCUT2D eigenvalue weighted by Gasteiger charge is 2.27. The van der Waals surface area contributed by atoms with Crippen molar-refractivity contribution < 1.29 is 4.39 Å². The van der Waals surface area contributed by atoms with Crippen molar-refractivity contribution in [2.75, 3.05) is 18.0 Å². The molecular weight excluding hydrogens is 227 g/mol. The van der Waals surface area contributed by atoms with E-state index in [0.717, 1.165) is 31.6 Å². The number of nitrogens with two attached hydrogens (primary N) is 1. The highest BCUT2D eigenvalue weighted by molar-refractivity contribution is 5.55. The second-order valence-electron chi connectivity index (χ2n) is 6.11. The summed E-state index contributed by atoms with van der Waals surface area (Å²) in [4.78, 5) is 2.27. The van der Waals surface area contributed by atoms with Gasteiger partial charge in [0.1, 0.15) is 5.82 Å². The summed E-state index contributed by atoms with van der Waals surface area (Å²) >= 11 is 0. The van der Waals surface area contributed by atoms with E-state index in [0.29, 0.717) is 11.0 Å². The number of benzene rings is 1. The monoisotopic (exact) mass is 250 g/mol. The molecule has 2 nitrogen and oxygen atoms in total. The molecule has 0 saturated carbocycles. The Bertz CT molecular complexity index is 417. The maximum absolute atomic E-state index is 13.9. The molecule has 0 amide bonds. The predicted octanol–water partition coefficient (Wildman–Crippen LogP) is 3.47. The molecule has 2 N–H and O–H groups in total. The molecule has 1 aromatic carbocycles. The van der Waals surface area contributed by atoms with Crippen LogP contribution in [0.3, 0.4) is 0 Å². The zero-order valence-electron chi connectivity index (χ0n) is 11.5. The molecule has 1 heterocycles. The molecule has 0 bridgehead atoms. The van der Waals surface area contributed by atoms with Crippen molar-refractivity contribution in [3.05, 3.63) is 29.6 Å². The van der Waals surface area contributed by atoms with Crippen molar-refractivity contribution in [3.8, 4) is 0 Å². The number of hydrogen-bond acceptors (Lipinski definition) is 2. The van der Waals surface area contributed by atoms with Gasteiger partial charge in [0, 0.05) is 30.4 Å². The molecular formula is C15H23FN2. The highest BCUT2D eigenvalue weighted by atomic mass is 19.1. The first-order valence-electron chi connectivity index (χ1n) is 6.70. The van der Waals surface area contributed by atoms with Gasteiger partial charge in [0.2, 0.25) is 0 Å². The first kappa shape index (κ1) is 13.3. The van der Waals surface area contributed by atoms with Crippen LogP contribution in [0.5, 0.6) is 0 Å². The molecule has 1 fully saturated rings. The smallest absolute Gasteiger partial charge is 0.130 e. The van der Waals surface area contributed by atoms with Crippen molar-refractivity contribution in [2.45, 2.75) is 39.7 Å². The van der Waals surface area contributed by atoms with E-state index in [-0.39, 0.29) is 11.9 Å². The Kier molecular flexibility index (Phi) is 3.62. The Labute approximate surface area is 109 Å². The maximum Gasteiger partial charge on any atom is 0.130 e. The van der Waals surface area contributed by atoms with E-state index >= 15 is 0 Å². The Balaban J connectivity index is 2.27. The third kappa shape index (κ3) is 2.66. The van der Waals surface area contributed by atoms with Crippen LogP contribution in [0.25, 0.3) is 0 Å². The molecule has 3 heteroatoms. The lowest BCUT2D eigenvalue weighted by molar-refractivity contribution is 0.279. The van der Waals surface area contributed by atoms with Gasteiger partial charge in [0.25, 0.3) is 0 Å². The van der Waals surface area contributed by atoms with Crippen LogP contribution < -0.4 is 10.6 Å². The molecule has 0 aromatic heterocycles. The second-order valence-corrected chi connectivity index (χ2v) is 6.11. The average Bonchev–Trinajstić information content (AvgIpc) is 2.28. The zero-order valence-corrected chi connectivity index (χ0v) is 11.5. The lowest BCUT2D eigenvalue weighted by atomic mass is 9.82. The van der Waals surface area contributed by atoms with Gasteiger partial charge in [-0.15, -0.1) is 0 Å². The van der Waals surface area contributed by atoms with Crippen molar-refractivity contribution in [1.29, 1.82) is 0 Å². The van der Waals surface area contributed by atoms with Crippen LogP contribution >= 0.6 is 0 Å². The van der Waals surface area contributed by atoms with Crippen molar-refractivity contribution in [2.24, 2.45) is 11.1 Å². The summed E-state index contributed by atoms with van der Waals surface area (Å²) in [6.45, 7) is 8.40. The van der Waals surface area contributed by atoms with Crippen molar-refractivity contribution in [3.63, 3.8) is 0 Å². The number of piperidine rings is 1. The van der Waals surface area contributed by atoms with Gasteiger partial charge < -0.3 is 10.6 Å². The molecule has 0 radical (unpaired) electrons. The normalized spacial score (nSPS) is 20.8. The molecule has 100 valence electrons. The number of rotatable bonds is 2. The van der Waals surface area contributed by atoms with E-state index in [2.05, 4.69) is 18.7 Å². The molecule has 18 heavy (non-hydrogen) atoms. The van der Waals surface area contributed by atoms with Gasteiger partial charge in [-0.2, -0.15) is 0 Å². The summed E-state index contributed by atoms with van der Waals surface area (Å²) in [6.07, 6.45) is 2.28. The molecule has 1 aliphatic heterocycles. The third-order valence-electron chi connectivity index (χ3n) is 3.94. The van der Waals surface area contributed by atoms with Crippen LogP contribution in [-0.4, -0.2) is 13.1 Å². The second kappa shape index (κ2) is 4.88. The summed E-state index contributed by atoms with van der Waals surface area (Å²) < 4.78 is 13.9. The maximum atomic E-state index is 13.9. The Morgan fingerprint density at radius 3 is 2.44 bits per heavy atom. The Morgan fingerprint density at radius 1 is 1.28 bits per heavy atom. The molecule has 1 aliphatic rings. The fourth-order valence-corrected chi connectivity index (χ4v) is 2.61. The van der Waals surface area contributed by atoms with Gasteiger partial charge in [-0.3, -0.25) is 0 Å². The van der Waals surface area contributed by atoms with E-state index in [1.807, 2.05) is 13.0 Å². The minimum Gasteiger partial charge on any atom is -0.371 e. The summed E-state index contributed by atoms with van der Waals surface area (Å²) in [7, 11) is 0. The lowest BCUT2D eigenvalue weighted by Gasteiger charge is -2.39. The van der Waals surface area contributed by atoms with Crippen molar-refractivity contribution in [1.82, 2.24) is 0 Å². The highest BCUT2D eigenvalue weighted by Crippen LogP contribution is 2.35. The molecule has 1 atom stereocenters. The summed E-state index contributed by atoms with van der Waals surface area (Å²) in [5, 5.41) is 0. The molecule has 1 saturated heterocycles. The van der Waals surface area contributed by atoms with Gasteiger partial charge in [-0.05, 0) is 37.3 Å². The van der Waals surface area contributed by atoms with Gasteiger partial charge in [-0.25, -0.2) is 4.39 Å².